The summed E-state index contributed by atoms with van der Waals surface area (Å²) in [5.41, 5.74) is 1.55. The molecule has 0 fully saturated rings. The van der Waals surface area contributed by atoms with Crippen molar-refractivity contribution in [1.82, 2.24) is 14.5 Å². The number of rotatable bonds is 5. The molecule has 7 nitrogen and oxygen atoms in total. The molecule has 0 saturated carbocycles. The van der Waals surface area contributed by atoms with E-state index >= 15 is 0 Å². The highest BCUT2D eigenvalue weighted by molar-refractivity contribution is 6.31. The predicted octanol–water partition coefficient (Wildman–Crippen LogP) is 3.89. The van der Waals surface area contributed by atoms with Gasteiger partial charge in [0.1, 0.15) is 11.6 Å². The van der Waals surface area contributed by atoms with Crippen molar-refractivity contribution in [3.63, 3.8) is 0 Å². The van der Waals surface area contributed by atoms with Crippen LogP contribution in [0.3, 0.4) is 0 Å². The Kier molecular flexibility index (Phi) is 5.18. The van der Waals surface area contributed by atoms with E-state index in [4.69, 9.17) is 16.3 Å². The maximum atomic E-state index is 13.4. The van der Waals surface area contributed by atoms with Crippen LogP contribution in [0.25, 0.3) is 16.6 Å². The molecule has 0 N–H and O–H groups in total. The van der Waals surface area contributed by atoms with Gasteiger partial charge in [0.05, 0.1) is 34.8 Å². The normalized spacial score (nSPS) is 13.0. The van der Waals surface area contributed by atoms with Crippen molar-refractivity contribution in [2.75, 3.05) is 13.7 Å². The lowest BCUT2D eigenvalue weighted by atomic mass is 10.1. The summed E-state index contributed by atoms with van der Waals surface area (Å²) in [4.78, 5) is 44.8. The Morgan fingerprint density at radius 3 is 2.21 bits per heavy atom. The van der Waals surface area contributed by atoms with Gasteiger partial charge in [0.15, 0.2) is 0 Å². The lowest BCUT2D eigenvalue weighted by molar-refractivity contribution is 0.0655. The first-order valence-electron chi connectivity index (χ1n) is 10.3. The first kappa shape index (κ1) is 20.9. The van der Waals surface area contributed by atoms with Crippen molar-refractivity contribution < 1.29 is 14.3 Å². The maximum absolute atomic E-state index is 13.4. The predicted molar refractivity (Wildman–Crippen MR) is 124 cm³/mol. The molecule has 1 aromatic heterocycles. The molecule has 0 unspecified atom stereocenters. The van der Waals surface area contributed by atoms with Crippen LogP contribution < -0.4 is 10.3 Å². The molecular weight excluding hydrogens is 442 g/mol. The summed E-state index contributed by atoms with van der Waals surface area (Å²) >= 11 is 6.12. The van der Waals surface area contributed by atoms with Gasteiger partial charge in [-0.1, -0.05) is 23.7 Å². The van der Waals surface area contributed by atoms with Crippen molar-refractivity contribution in [2.24, 2.45) is 0 Å². The van der Waals surface area contributed by atoms with Crippen LogP contribution in [0.5, 0.6) is 5.75 Å². The average Bonchev–Trinajstić information content (AvgIpc) is 3.07. The molecule has 4 aromatic rings. The molecule has 0 saturated heterocycles. The van der Waals surface area contributed by atoms with E-state index in [2.05, 4.69) is 4.98 Å². The number of hydrogen-bond acceptors (Lipinski definition) is 5. The second-order valence-corrected chi connectivity index (χ2v) is 8.02. The molecule has 8 heteroatoms. The Hall–Kier alpha value is -3.97. The van der Waals surface area contributed by atoms with E-state index in [1.54, 1.807) is 73.8 Å². The van der Waals surface area contributed by atoms with E-state index in [1.807, 2.05) is 0 Å². The maximum Gasteiger partial charge on any atom is 0.265 e. The van der Waals surface area contributed by atoms with E-state index in [-0.39, 0.29) is 30.3 Å². The third kappa shape index (κ3) is 3.56. The molecule has 2 amide bonds. The van der Waals surface area contributed by atoms with Crippen molar-refractivity contribution in [1.29, 1.82) is 0 Å². The first-order chi connectivity index (χ1) is 16.0. The number of benzene rings is 3. The van der Waals surface area contributed by atoms with E-state index in [0.717, 1.165) is 0 Å². The molecule has 5 rings (SSSR count). The molecule has 0 radical (unpaired) electrons. The Balaban J connectivity index is 1.57. The number of fused-ring (bicyclic) bond motifs is 2. The molecule has 33 heavy (non-hydrogen) atoms. The Bertz CT molecular complexity index is 1440. The molecule has 3 aromatic carbocycles. The van der Waals surface area contributed by atoms with Crippen LogP contribution in [0.15, 0.2) is 71.5 Å². The zero-order valence-corrected chi connectivity index (χ0v) is 18.4. The highest BCUT2D eigenvalue weighted by atomic mass is 35.5. The van der Waals surface area contributed by atoms with Gasteiger partial charge in [-0.3, -0.25) is 23.9 Å². The summed E-state index contributed by atoms with van der Waals surface area (Å²) in [5, 5.41) is 0.877. The minimum Gasteiger partial charge on any atom is -0.497 e. The number of imide groups is 1. The fraction of sp³-hybridized carbons (Fsp3) is 0.120. The molecular formula is C25H18ClN3O4. The number of ether oxygens (including phenoxy) is 1. The van der Waals surface area contributed by atoms with Crippen LogP contribution in [-0.4, -0.2) is 39.9 Å². The Morgan fingerprint density at radius 2 is 1.58 bits per heavy atom. The van der Waals surface area contributed by atoms with Crippen molar-refractivity contribution in [3.8, 4) is 11.4 Å². The van der Waals surface area contributed by atoms with Gasteiger partial charge in [0.2, 0.25) is 0 Å². The minimum absolute atomic E-state index is 0.0843. The smallest absolute Gasteiger partial charge is 0.265 e. The van der Waals surface area contributed by atoms with Crippen LogP contribution in [0.2, 0.25) is 5.02 Å². The van der Waals surface area contributed by atoms with Crippen LogP contribution in [0, 0.1) is 0 Å². The molecule has 1 aliphatic rings. The number of aromatic nitrogens is 2. The fourth-order valence-electron chi connectivity index (χ4n) is 4.02. The molecule has 164 valence electrons. The van der Waals surface area contributed by atoms with Crippen molar-refractivity contribution >= 4 is 34.3 Å². The van der Waals surface area contributed by atoms with Crippen LogP contribution in [-0.2, 0) is 6.42 Å². The van der Waals surface area contributed by atoms with Gasteiger partial charge in [-0.2, -0.15) is 0 Å². The van der Waals surface area contributed by atoms with Crippen LogP contribution in [0.4, 0.5) is 0 Å². The van der Waals surface area contributed by atoms with E-state index in [9.17, 15) is 14.4 Å². The summed E-state index contributed by atoms with van der Waals surface area (Å²) in [6, 6.07) is 18.7. The van der Waals surface area contributed by atoms with Gasteiger partial charge in [-0.05, 0) is 54.6 Å². The summed E-state index contributed by atoms with van der Waals surface area (Å²) in [6.07, 6.45) is 0.190. The minimum atomic E-state index is -0.349. The quantitative estimate of drug-likeness (QED) is 0.423. The number of carbonyl (C=O) groups is 2. The highest BCUT2D eigenvalue weighted by Crippen LogP contribution is 2.24. The van der Waals surface area contributed by atoms with Gasteiger partial charge in [-0.15, -0.1) is 0 Å². The lowest BCUT2D eigenvalue weighted by Crippen LogP contribution is -2.33. The summed E-state index contributed by atoms with van der Waals surface area (Å²) in [7, 11) is 1.57. The summed E-state index contributed by atoms with van der Waals surface area (Å²) in [5.74, 6) is 0.368. The highest BCUT2D eigenvalue weighted by Gasteiger charge is 2.35. The zero-order valence-electron chi connectivity index (χ0n) is 17.6. The van der Waals surface area contributed by atoms with Crippen LogP contribution in [0.1, 0.15) is 26.5 Å². The van der Waals surface area contributed by atoms with Gasteiger partial charge < -0.3 is 4.74 Å². The van der Waals surface area contributed by atoms with Gasteiger partial charge >= 0.3 is 0 Å². The number of nitrogens with zero attached hydrogens (tertiary/aromatic N) is 3. The number of carbonyl (C=O) groups excluding carboxylic acids is 2. The van der Waals surface area contributed by atoms with Crippen molar-refractivity contribution in [3.05, 3.63) is 99.1 Å². The third-order valence-electron chi connectivity index (χ3n) is 5.67. The molecule has 0 atom stereocenters. The standard InChI is InChI=1S/C25H18ClN3O4/c1-33-17-9-7-16(8-10-17)29-22(27-21-14-15(26)6-11-20(21)25(29)32)12-13-28-23(30)18-4-2-3-5-19(18)24(28)31/h2-11,14H,12-13H2,1H3. The van der Waals surface area contributed by atoms with Gasteiger partial charge in [0, 0.05) is 18.0 Å². The fourth-order valence-corrected chi connectivity index (χ4v) is 4.19. The molecule has 2 heterocycles. The molecule has 0 bridgehead atoms. The number of methoxy groups -OCH3 is 1. The van der Waals surface area contributed by atoms with Crippen molar-refractivity contribution in [2.45, 2.75) is 6.42 Å². The van der Waals surface area contributed by atoms with E-state index in [0.29, 0.717) is 44.3 Å². The topological polar surface area (TPSA) is 81.5 Å². The van der Waals surface area contributed by atoms with Gasteiger partial charge in [-0.25, -0.2) is 4.98 Å². The monoisotopic (exact) mass is 459 g/mol. The van der Waals surface area contributed by atoms with Crippen LogP contribution >= 0.6 is 11.6 Å². The van der Waals surface area contributed by atoms with E-state index < -0.39 is 0 Å². The lowest BCUT2D eigenvalue weighted by Gasteiger charge is -2.17. The van der Waals surface area contributed by atoms with Gasteiger partial charge in [0.25, 0.3) is 17.4 Å². The number of hydrogen-bond donors (Lipinski definition) is 0. The average molecular weight is 460 g/mol. The molecule has 0 aliphatic carbocycles. The zero-order chi connectivity index (χ0) is 23.1. The Labute approximate surface area is 193 Å². The second kappa shape index (κ2) is 8.18. The second-order valence-electron chi connectivity index (χ2n) is 7.59. The molecule has 1 aliphatic heterocycles. The first-order valence-corrected chi connectivity index (χ1v) is 10.7. The SMILES string of the molecule is COc1ccc(-n2c(CCN3C(=O)c4ccccc4C3=O)nc3cc(Cl)ccc3c2=O)cc1. The Morgan fingerprint density at radius 1 is 0.909 bits per heavy atom. The third-order valence-corrected chi connectivity index (χ3v) is 5.90. The van der Waals surface area contributed by atoms with E-state index in [1.165, 1.54) is 9.47 Å². The summed E-state index contributed by atoms with van der Waals surface area (Å²) < 4.78 is 6.71. The number of amides is 2. The number of halogens is 1. The largest absolute Gasteiger partial charge is 0.497 e. The summed E-state index contributed by atoms with van der Waals surface area (Å²) in [6.45, 7) is 0.0843. The molecule has 0 spiro atoms.